The van der Waals surface area contributed by atoms with E-state index < -0.39 is 11.9 Å². The highest BCUT2D eigenvalue weighted by Gasteiger charge is 2.18. The van der Waals surface area contributed by atoms with Crippen LogP contribution < -0.4 is 16.8 Å². The number of hydrogen-bond acceptors (Lipinski definition) is 9. The van der Waals surface area contributed by atoms with Crippen molar-refractivity contribution in [1.82, 2.24) is 24.7 Å². The lowest BCUT2D eigenvalue weighted by atomic mass is 10.1. The largest absolute Gasteiger partial charge is 0.478 e. The minimum Gasteiger partial charge on any atom is -0.478 e. The summed E-state index contributed by atoms with van der Waals surface area (Å²) in [4.78, 5) is 35.1. The van der Waals surface area contributed by atoms with Crippen LogP contribution in [0, 0.1) is 6.92 Å². The van der Waals surface area contributed by atoms with Gasteiger partial charge in [0.05, 0.1) is 16.8 Å². The van der Waals surface area contributed by atoms with Gasteiger partial charge in [-0.1, -0.05) is 30.3 Å². The van der Waals surface area contributed by atoms with Crippen LogP contribution in [0.15, 0.2) is 48.5 Å². The Morgan fingerprint density at radius 1 is 0.939 bits per heavy atom. The van der Waals surface area contributed by atoms with E-state index in [0.717, 1.165) is 17.2 Å². The smallest absolute Gasteiger partial charge is 0.335 e. The molecular formula is C21H18N8O4. The monoisotopic (exact) mass is 446 g/mol. The van der Waals surface area contributed by atoms with E-state index in [1.165, 1.54) is 16.8 Å². The molecule has 7 N–H and O–H groups in total. The van der Waals surface area contributed by atoms with Crippen LogP contribution in [-0.4, -0.2) is 46.9 Å². The maximum absolute atomic E-state index is 11.4. The first-order chi connectivity index (χ1) is 15.7. The molecule has 2 heterocycles. The SMILES string of the molecule is Cc1c(-c2ccccc2)nn(-c2nc(N)nc(Nc3cc(C(=O)O)cc(C(=O)O)c3)n2)c1N. The summed E-state index contributed by atoms with van der Waals surface area (Å²) in [5.41, 5.74) is 14.0. The first-order valence-electron chi connectivity index (χ1n) is 9.54. The Hall–Kier alpha value is -5.00. The van der Waals surface area contributed by atoms with Crippen LogP contribution >= 0.6 is 0 Å². The van der Waals surface area contributed by atoms with Crippen LogP contribution in [0.1, 0.15) is 26.3 Å². The minimum absolute atomic E-state index is 0.0284. The summed E-state index contributed by atoms with van der Waals surface area (Å²) in [6.07, 6.45) is 0. The van der Waals surface area contributed by atoms with Gasteiger partial charge in [-0.05, 0) is 25.1 Å². The highest BCUT2D eigenvalue weighted by Crippen LogP contribution is 2.28. The first kappa shape index (κ1) is 21.2. The molecule has 4 aromatic rings. The van der Waals surface area contributed by atoms with Crippen molar-refractivity contribution in [3.63, 3.8) is 0 Å². The summed E-state index contributed by atoms with van der Waals surface area (Å²) in [6, 6.07) is 13.0. The Kier molecular flexibility index (Phi) is 5.32. The van der Waals surface area contributed by atoms with Crippen molar-refractivity contribution in [2.75, 3.05) is 16.8 Å². The number of nitrogens with zero attached hydrogens (tertiary/aromatic N) is 5. The Balaban J connectivity index is 1.75. The van der Waals surface area contributed by atoms with Gasteiger partial charge in [-0.2, -0.15) is 24.7 Å². The predicted octanol–water partition coefficient (Wildman–Crippen LogP) is 2.34. The second kappa shape index (κ2) is 8.26. The number of nitrogens with two attached hydrogens (primary N) is 2. The number of nitrogen functional groups attached to an aromatic ring is 2. The molecule has 0 bridgehead atoms. The zero-order valence-electron chi connectivity index (χ0n) is 17.2. The summed E-state index contributed by atoms with van der Waals surface area (Å²) < 4.78 is 1.32. The first-order valence-corrected chi connectivity index (χ1v) is 9.54. The van der Waals surface area contributed by atoms with E-state index in [0.29, 0.717) is 11.5 Å². The molecule has 0 atom stereocenters. The molecule has 0 radical (unpaired) electrons. The molecule has 0 saturated heterocycles. The van der Waals surface area contributed by atoms with Crippen molar-refractivity contribution in [2.45, 2.75) is 6.92 Å². The van der Waals surface area contributed by atoms with E-state index in [9.17, 15) is 19.8 Å². The highest BCUT2D eigenvalue weighted by atomic mass is 16.4. The third-order valence-corrected chi connectivity index (χ3v) is 4.73. The number of benzene rings is 2. The van der Waals surface area contributed by atoms with E-state index in [1.807, 2.05) is 37.3 Å². The van der Waals surface area contributed by atoms with Crippen molar-refractivity contribution in [2.24, 2.45) is 0 Å². The number of anilines is 4. The fourth-order valence-corrected chi connectivity index (χ4v) is 3.14. The molecule has 33 heavy (non-hydrogen) atoms. The number of carboxylic acid groups (broad SMARTS) is 2. The number of carbonyl (C=O) groups is 2. The second-order valence-corrected chi connectivity index (χ2v) is 6.99. The molecule has 12 heteroatoms. The summed E-state index contributed by atoms with van der Waals surface area (Å²) >= 11 is 0. The van der Waals surface area contributed by atoms with Gasteiger partial charge in [0.2, 0.25) is 11.9 Å². The Labute approximate surface area is 186 Å². The molecule has 0 aliphatic carbocycles. The number of nitrogens with one attached hydrogen (secondary N) is 1. The Morgan fingerprint density at radius 3 is 2.18 bits per heavy atom. The average Bonchev–Trinajstić information content (AvgIpc) is 3.08. The van der Waals surface area contributed by atoms with Crippen molar-refractivity contribution < 1.29 is 19.8 Å². The van der Waals surface area contributed by atoms with Crippen molar-refractivity contribution >= 4 is 35.3 Å². The van der Waals surface area contributed by atoms with Crippen molar-refractivity contribution in [1.29, 1.82) is 0 Å². The maximum Gasteiger partial charge on any atom is 0.335 e. The van der Waals surface area contributed by atoms with E-state index in [4.69, 9.17) is 11.5 Å². The summed E-state index contributed by atoms with van der Waals surface area (Å²) in [5, 5.41) is 25.8. The zero-order chi connectivity index (χ0) is 23.7. The van der Waals surface area contributed by atoms with Gasteiger partial charge in [-0.3, -0.25) is 0 Å². The van der Waals surface area contributed by atoms with Gasteiger partial charge in [0, 0.05) is 16.8 Å². The average molecular weight is 446 g/mol. The van der Waals surface area contributed by atoms with E-state index in [1.54, 1.807) is 0 Å². The lowest BCUT2D eigenvalue weighted by Gasteiger charge is -2.09. The normalized spacial score (nSPS) is 10.7. The molecule has 0 aliphatic heterocycles. The molecule has 166 valence electrons. The molecule has 0 unspecified atom stereocenters. The van der Waals surface area contributed by atoms with E-state index >= 15 is 0 Å². The maximum atomic E-state index is 11.4. The van der Waals surface area contributed by atoms with E-state index in [2.05, 4.69) is 25.4 Å². The molecule has 4 rings (SSSR count). The predicted molar refractivity (Wildman–Crippen MR) is 120 cm³/mol. The van der Waals surface area contributed by atoms with Crippen molar-refractivity contribution in [3.8, 4) is 17.2 Å². The Morgan fingerprint density at radius 2 is 1.58 bits per heavy atom. The molecule has 2 aromatic heterocycles. The third kappa shape index (κ3) is 4.25. The number of rotatable bonds is 6. The second-order valence-electron chi connectivity index (χ2n) is 6.99. The highest BCUT2D eigenvalue weighted by molar-refractivity contribution is 5.95. The van der Waals surface area contributed by atoms with Gasteiger partial charge >= 0.3 is 11.9 Å². The van der Waals surface area contributed by atoms with Gasteiger partial charge in [0.15, 0.2) is 0 Å². The molecule has 2 aromatic carbocycles. The molecule has 0 spiro atoms. The fourth-order valence-electron chi connectivity index (χ4n) is 3.14. The van der Waals surface area contributed by atoms with E-state index in [-0.39, 0.29) is 34.7 Å². The molecule has 0 aliphatic rings. The van der Waals surface area contributed by atoms with Crippen LogP contribution in [0.4, 0.5) is 23.4 Å². The third-order valence-electron chi connectivity index (χ3n) is 4.73. The molecule has 0 saturated carbocycles. The standard InChI is InChI=1S/C21H18N8O4/c1-10-15(11-5-3-2-4-6-11)28-29(16(10)22)21-26-19(23)25-20(27-21)24-14-8-12(17(30)31)7-13(9-14)18(32)33/h2-9H,22H2,1H3,(H,30,31)(H,32,33)(H3,23,24,25,26,27). The van der Waals surface area contributed by atoms with Crippen LogP contribution in [0.5, 0.6) is 0 Å². The van der Waals surface area contributed by atoms with Crippen LogP contribution in [0.25, 0.3) is 17.2 Å². The van der Waals surface area contributed by atoms with Gasteiger partial charge < -0.3 is 27.0 Å². The van der Waals surface area contributed by atoms with Crippen LogP contribution in [0.3, 0.4) is 0 Å². The fraction of sp³-hybridized carbons (Fsp3) is 0.0476. The topological polar surface area (TPSA) is 195 Å². The molecule has 0 amide bonds. The zero-order valence-corrected chi connectivity index (χ0v) is 17.2. The lowest BCUT2D eigenvalue weighted by molar-refractivity contribution is 0.0696. The van der Waals surface area contributed by atoms with Gasteiger partial charge in [0.1, 0.15) is 5.82 Å². The number of hydrogen-bond donors (Lipinski definition) is 5. The minimum atomic E-state index is -1.29. The summed E-state index contributed by atoms with van der Waals surface area (Å²) in [6.45, 7) is 1.82. The van der Waals surface area contributed by atoms with Crippen LogP contribution in [0.2, 0.25) is 0 Å². The quantitative estimate of drug-likeness (QED) is 0.291. The number of aromatic nitrogens is 5. The summed E-state index contributed by atoms with van der Waals surface area (Å²) in [7, 11) is 0. The number of carboxylic acids is 2. The number of aromatic carboxylic acids is 2. The van der Waals surface area contributed by atoms with Gasteiger partial charge in [-0.25, -0.2) is 9.59 Å². The van der Waals surface area contributed by atoms with Crippen molar-refractivity contribution in [3.05, 3.63) is 65.2 Å². The van der Waals surface area contributed by atoms with Gasteiger partial charge in [0.25, 0.3) is 5.95 Å². The Bertz CT molecular complexity index is 1350. The molecular weight excluding hydrogens is 428 g/mol. The lowest BCUT2D eigenvalue weighted by Crippen LogP contribution is -2.12. The van der Waals surface area contributed by atoms with Crippen LogP contribution in [-0.2, 0) is 0 Å². The summed E-state index contributed by atoms with van der Waals surface area (Å²) in [5.74, 6) is -2.45. The van der Waals surface area contributed by atoms with Gasteiger partial charge in [-0.15, -0.1) is 0 Å². The molecule has 0 fully saturated rings. The molecule has 12 nitrogen and oxygen atoms in total.